The highest BCUT2D eigenvalue weighted by molar-refractivity contribution is 4.98. The van der Waals surface area contributed by atoms with Crippen molar-refractivity contribution in [1.29, 1.82) is 0 Å². The van der Waals surface area contributed by atoms with E-state index in [0.717, 1.165) is 0 Å². The number of hydrogen-bond acceptors (Lipinski definition) is 1. The predicted molar refractivity (Wildman–Crippen MR) is 39.9 cm³/mol. The minimum absolute atomic E-state index is 0.0651. The molecule has 0 saturated heterocycles. The number of alkyl halides is 6. The molecule has 0 aliphatic carbocycles. The van der Waals surface area contributed by atoms with E-state index in [1.54, 1.807) is 0 Å². The Kier molecular flexibility index (Phi) is 4.05. The molecule has 0 atom stereocenters. The fraction of sp³-hybridized carbons (Fsp3) is 0.750. The van der Waals surface area contributed by atoms with Crippen LogP contribution in [0.25, 0.3) is 0 Å². The van der Waals surface area contributed by atoms with Crippen molar-refractivity contribution >= 4 is 0 Å². The summed E-state index contributed by atoms with van der Waals surface area (Å²) in [5.74, 6) is 4.11. The van der Waals surface area contributed by atoms with Crippen LogP contribution in [0, 0.1) is 11.8 Å². The van der Waals surface area contributed by atoms with Crippen molar-refractivity contribution in [2.75, 3.05) is 6.61 Å². The Labute approximate surface area is 82.4 Å². The fourth-order valence-corrected chi connectivity index (χ4v) is 0.577. The molecule has 88 valence electrons. The molecule has 0 spiro atoms. The monoisotopic (exact) mass is 234 g/mol. The van der Waals surface area contributed by atoms with E-state index in [0.29, 0.717) is 0 Å². The van der Waals surface area contributed by atoms with E-state index in [1.165, 1.54) is 6.92 Å². The molecular formula is C8H8F6O. The van der Waals surface area contributed by atoms with E-state index in [1.807, 2.05) is 5.92 Å². The number of halogens is 6. The highest BCUT2D eigenvalue weighted by atomic mass is 19.4. The van der Waals surface area contributed by atoms with Crippen LogP contribution < -0.4 is 0 Å². The van der Waals surface area contributed by atoms with Crippen LogP contribution in [-0.2, 0) is 4.74 Å². The summed E-state index contributed by atoms with van der Waals surface area (Å²) in [5.41, 5.74) is -4.18. The molecule has 1 nitrogen and oxygen atoms in total. The van der Waals surface area contributed by atoms with E-state index in [2.05, 4.69) is 10.7 Å². The van der Waals surface area contributed by atoms with E-state index in [9.17, 15) is 26.3 Å². The molecule has 15 heavy (non-hydrogen) atoms. The maximum absolute atomic E-state index is 12.1. The molecule has 0 aromatic rings. The third kappa shape index (κ3) is 3.02. The van der Waals surface area contributed by atoms with Crippen molar-refractivity contribution in [2.45, 2.75) is 31.8 Å². The van der Waals surface area contributed by atoms with Gasteiger partial charge in [0.25, 0.3) is 5.60 Å². The number of ether oxygens (including phenoxy) is 1. The molecule has 0 radical (unpaired) electrons. The average molecular weight is 234 g/mol. The molecular weight excluding hydrogens is 226 g/mol. The molecule has 0 fully saturated rings. The van der Waals surface area contributed by atoms with Gasteiger partial charge in [0.2, 0.25) is 0 Å². The minimum Gasteiger partial charge on any atom is -0.345 e. The Morgan fingerprint density at radius 1 is 1.00 bits per heavy atom. The molecule has 0 saturated carbocycles. The Balaban J connectivity index is 4.94. The van der Waals surface area contributed by atoms with E-state index >= 15 is 0 Å². The predicted octanol–water partition coefficient (Wildman–Crippen LogP) is 2.91. The topological polar surface area (TPSA) is 9.23 Å². The molecule has 0 aliphatic rings. The van der Waals surface area contributed by atoms with Crippen LogP contribution in [-0.4, -0.2) is 24.6 Å². The highest BCUT2D eigenvalue weighted by Crippen LogP contribution is 2.45. The van der Waals surface area contributed by atoms with E-state index in [4.69, 9.17) is 0 Å². The normalized spacial score (nSPS) is 13.3. The Hall–Kier alpha value is -0.900. The van der Waals surface area contributed by atoms with Gasteiger partial charge in [-0.1, -0.05) is 5.92 Å². The van der Waals surface area contributed by atoms with Crippen LogP contribution in [0.15, 0.2) is 0 Å². The van der Waals surface area contributed by atoms with Gasteiger partial charge in [0, 0.05) is 0 Å². The van der Waals surface area contributed by atoms with Gasteiger partial charge >= 0.3 is 12.4 Å². The summed E-state index contributed by atoms with van der Waals surface area (Å²) in [6.07, 6.45) is -11.1. The minimum atomic E-state index is -5.53. The molecule has 0 amide bonds. The summed E-state index contributed by atoms with van der Waals surface area (Å²) in [7, 11) is 0. The van der Waals surface area contributed by atoms with Crippen LogP contribution in [0.4, 0.5) is 26.3 Å². The first kappa shape index (κ1) is 14.1. The van der Waals surface area contributed by atoms with Crippen LogP contribution >= 0.6 is 0 Å². The average Bonchev–Trinajstić information content (AvgIpc) is 2.00. The first-order chi connectivity index (χ1) is 6.56. The molecule has 0 heterocycles. The molecule has 0 aromatic carbocycles. The van der Waals surface area contributed by atoms with E-state index in [-0.39, 0.29) is 6.92 Å². The fourth-order valence-electron chi connectivity index (χ4n) is 0.577. The molecule has 0 aliphatic heterocycles. The van der Waals surface area contributed by atoms with Gasteiger partial charge in [-0.3, -0.25) is 0 Å². The van der Waals surface area contributed by atoms with Crippen LogP contribution in [0.3, 0.4) is 0 Å². The van der Waals surface area contributed by atoms with Crippen molar-refractivity contribution in [3.63, 3.8) is 0 Å². The zero-order valence-electron chi connectivity index (χ0n) is 7.88. The Morgan fingerprint density at radius 3 is 1.67 bits per heavy atom. The van der Waals surface area contributed by atoms with E-state index < -0.39 is 24.6 Å². The van der Waals surface area contributed by atoms with Crippen molar-refractivity contribution in [2.24, 2.45) is 0 Å². The van der Waals surface area contributed by atoms with Crippen molar-refractivity contribution < 1.29 is 31.1 Å². The summed E-state index contributed by atoms with van der Waals surface area (Å²) in [6.45, 7) is 0.290. The molecule has 7 heteroatoms. The van der Waals surface area contributed by atoms with Crippen LogP contribution in [0.2, 0.25) is 0 Å². The van der Waals surface area contributed by atoms with Crippen LogP contribution in [0.1, 0.15) is 13.8 Å². The summed E-state index contributed by atoms with van der Waals surface area (Å²) in [5, 5.41) is 0. The second kappa shape index (κ2) is 4.31. The molecule has 0 unspecified atom stereocenters. The Morgan fingerprint density at radius 2 is 1.40 bits per heavy atom. The second-order valence-corrected chi connectivity index (χ2v) is 2.74. The lowest BCUT2D eigenvalue weighted by Gasteiger charge is -2.32. The van der Waals surface area contributed by atoms with Crippen molar-refractivity contribution in [1.82, 2.24) is 0 Å². The van der Waals surface area contributed by atoms with Gasteiger partial charge in [0.15, 0.2) is 0 Å². The highest BCUT2D eigenvalue weighted by Gasteiger charge is 2.69. The van der Waals surface area contributed by atoms with Crippen molar-refractivity contribution in [3.05, 3.63) is 0 Å². The van der Waals surface area contributed by atoms with Gasteiger partial charge in [0.1, 0.15) is 6.61 Å². The largest absolute Gasteiger partial charge is 0.426 e. The van der Waals surface area contributed by atoms with Gasteiger partial charge in [-0.05, 0) is 13.8 Å². The van der Waals surface area contributed by atoms with Gasteiger partial charge in [-0.15, -0.1) is 5.92 Å². The lowest BCUT2D eigenvalue weighted by Crippen LogP contribution is -2.56. The Bertz CT molecular complexity index is 252. The SMILES string of the molecule is CC#CCOC(C)(C(F)(F)F)C(F)(F)F. The molecule has 0 aromatic heterocycles. The van der Waals surface area contributed by atoms with Gasteiger partial charge in [-0.2, -0.15) is 26.3 Å². The lowest BCUT2D eigenvalue weighted by atomic mass is 10.1. The maximum atomic E-state index is 12.1. The summed E-state index contributed by atoms with van der Waals surface area (Å²) >= 11 is 0. The quantitative estimate of drug-likeness (QED) is 0.527. The van der Waals surface area contributed by atoms with Gasteiger partial charge in [0.05, 0.1) is 0 Å². The number of hydrogen-bond donors (Lipinski definition) is 0. The maximum Gasteiger partial charge on any atom is 0.426 e. The molecule has 0 bridgehead atoms. The van der Waals surface area contributed by atoms with Crippen LogP contribution in [0.5, 0.6) is 0 Å². The zero-order chi connectivity index (χ0) is 12.3. The first-order valence-electron chi connectivity index (χ1n) is 3.73. The van der Waals surface area contributed by atoms with Gasteiger partial charge < -0.3 is 4.74 Å². The van der Waals surface area contributed by atoms with Gasteiger partial charge in [-0.25, -0.2) is 0 Å². The third-order valence-corrected chi connectivity index (χ3v) is 1.69. The lowest BCUT2D eigenvalue weighted by molar-refractivity contribution is -0.371. The summed E-state index contributed by atoms with van der Waals surface area (Å²) < 4.78 is 76.6. The van der Waals surface area contributed by atoms with Crippen molar-refractivity contribution in [3.8, 4) is 11.8 Å². The standard InChI is InChI=1S/C8H8F6O/c1-3-4-5-15-6(2,7(9,10)11)8(12,13)14/h5H2,1-2H3. The first-order valence-corrected chi connectivity index (χ1v) is 3.73. The second-order valence-electron chi connectivity index (χ2n) is 2.74. The molecule has 0 rings (SSSR count). The third-order valence-electron chi connectivity index (χ3n) is 1.69. The number of rotatable bonds is 2. The molecule has 0 N–H and O–H groups in total. The summed E-state index contributed by atoms with van der Waals surface area (Å²) in [4.78, 5) is 0. The zero-order valence-corrected chi connectivity index (χ0v) is 7.88. The smallest absolute Gasteiger partial charge is 0.345 e. The summed E-state index contributed by atoms with van der Waals surface area (Å²) in [6, 6.07) is 0.